The van der Waals surface area contributed by atoms with Gasteiger partial charge in [0.1, 0.15) is 23.7 Å². The minimum atomic E-state index is -1.17. The number of carboxylic acid groups (broad SMARTS) is 1. The highest BCUT2D eigenvalue weighted by molar-refractivity contribution is 5.90. The van der Waals surface area contributed by atoms with Crippen LogP contribution in [0.2, 0.25) is 0 Å². The molecule has 2 N–H and O–H groups in total. The summed E-state index contributed by atoms with van der Waals surface area (Å²) in [5, 5.41) is 18.4. The zero-order valence-electron chi connectivity index (χ0n) is 10.7. The zero-order valence-corrected chi connectivity index (χ0v) is 10.7. The van der Waals surface area contributed by atoms with Gasteiger partial charge >= 0.3 is 5.97 Å². The molecule has 0 spiro atoms. The lowest BCUT2D eigenvalue weighted by molar-refractivity contribution is 0.0693. The van der Waals surface area contributed by atoms with Gasteiger partial charge in [-0.2, -0.15) is 0 Å². The number of ether oxygens (including phenoxy) is 1. The van der Waals surface area contributed by atoms with Crippen LogP contribution in [0.3, 0.4) is 0 Å². The second-order valence-corrected chi connectivity index (χ2v) is 4.22. The molecular formula is C16H14O4. The van der Waals surface area contributed by atoms with Crippen molar-refractivity contribution in [2.45, 2.75) is 6.61 Å². The first-order chi connectivity index (χ1) is 9.60. The number of aromatic carboxylic acids is 1. The molecule has 0 amide bonds. The van der Waals surface area contributed by atoms with Crippen LogP contribution >= 0.6 is 0 Å². The lowest BCUT2D eigenvalue weighted by Gasteiger charge is -2.08. The molecule has 0 aromatic heterocycles. The van der Waals surface area contributed by atoms with Gasteiger partial charge in [0.05, 0.1) is 0 Å². The van der Waals surface area contributed by atoms with Gasteiger partial charge < -0.3 is 14.9 Å². The first-order valence-electron chi connectivity index (χ1n) is 6.00. The Hall–Kier alpha value is -2.75. The minimum absolute atomic E-state index is 0.147. The van der Waals surface area contributed by atoms with E-state index >= 15 is 0 Å². The molecule has 0 aliphatic carbocycles. The Morgan fingerprint density at radius 2 is 2.05 bits per heavy atom. The highest BCUT2D eigenvalue weighted by Gasteiger charge is 2.10. The molecule has 2 aromatic carbocycles. The lowest BCUT2D eigenvalue weighted by Crippen LogP contribution is -1.99. The van der Waals surface area contributed by atoms with Gasteiger partial charge in [0, 0.05) is 6.07 Å². The van der Waals surface area contributed by atoms with Crippen molar-refractivity contribution in [3.63, 3.8) is 0 Å². The summed E-state index contributed by atoms with van der Waals surface area (Å²) in [6, 6.07) is 11.8. The number of aromatic hydroxyl groups is 1. The summed E-state index contributed by atoms with van der Waals surface area (Å²) in [7, 11) is 0. The maximum atomic E-state index is 10.8. The van der Waals surface area contributed by atoms with Crippen LogP contribution in [0, 0.1) is 0 Å². The number of phenols is 1. The number of benzene rings is 2. The largest absolute Gasteiger partial charge is 0.507 e. The van der Waals surface area contributed by atoms with E-state index in [1.807, 2.05) is 24.3 Å². The third-order valence-corrected chi connectivity index (χ3v) is 2.79. The summed E-state index contributed by atoms with van der Waals surface area (Å²) in [4.78, 5) is 10.8. The fraction of sp³-hybridized carbons (Fsp3) is 0.0625. The Morgan fingerprint density at radius 3 is 2.70 bits per heavy atom. The lowest BCUT2D eigenvalue weighted by atomic mass is 10.1. The molecule has 4 heteroatoms. The van der Waals surface area contributed by atoms with Gasteiger partial charge in [0.2, 0.25) is 0 Å². The van der Waals surface area contributed by atoms with Crippen LogP contribution in [0.1, 0.15) is 21.5 Å². The molecule has 0 fully saturated rings. The van der Waals surface area contributed by atoms with Gasteiger partial charge in [0.25, 0.3) is 0 Å². The second-order valence-electron chi connectivity index (χ2n) is 4.22. The Labute approximate surface area is 116 Å². The van der Waals surface area contributed by atoms with Crippen molar-refractivity contribution < 1.29 is 19.7 Å². The molecule has 0 aliphatic heterocycles. The first-order valence-corrected chi connectivity index (χ1v) is 6.00. The van der Waals surface area contributed by atoms with Crippen molar-refractivity contribution >= 4 is 12.0 Å². The zero-order chi connectivity index (χ0) is 14.5. The summed E-state index contributed by atoms with van der Waals surface area (Å²) in [5.41, 5.74) is 1.81. The van der Waals surface area contributed by atoms with Gasteiger partial charge in [-0.15, -0.1) is 0 Å². The molecule has 2 aromatic rings. The van der Waals surface area contributed by atoms with Crippen LogP contribution in [0.25, 0.3) is 6.08 Å². The number of carboxylic acids is 1. The molecule has 4 nitrogen and oxygen atoms in total. The smallest absolute Gasteiger partial charge is 0.339 e. The Balaban J connectivity index is 2.09. The molecule has 0 saturated carbocycles. The summed E-state index contributed by atoms with van der Waals surface area (Å²) in [6.45, 7) is 4.03. The monoisotopic (exact) mass is 270 g/mol. The normalized spacial score (nSPS) is 10.0. The van der Waals surface area contributed by atoms with E-state index < -0.39 is 5.97 Å². The first kappa shape index (κ1) is 13.7. The molecule has 2 rings (SSSR count). The number of rotatable bonds is 5. The Bertz CT molecular complexity index is 647. The number of carbonyl (C=O) groups is 1. The van der Waals surface area contributed by atoms with Gasteiger partial charge in [0.15, 0.2) is 0 Å². The molecule has 102 valence electrons. The quantitative estimate of drug-likeness (QED) is 0.874. The molecule has 0 radical (unpaired) electrons. The Kier molecular flexibility index (Phi) is 4.05. The van der Waals surface area contributed by atoms with E-state index in [0.29, 0.717) is 12.4 Å². The Morgan fingerprint density at radius 1 is 1.25 bits per heavy atom. The summed E-state index contributed by atoms with van der Waals surface area (Å²) in [6.07, 6.45) is 1.75. The highest BCUT2D eigenvalue weighted by Crippen LogP contribution is 2.24. The SMILES string of the molecule is C=Cc1cccc(COc2ccc(C(=O)O)c(O)c2)c1. The van der Waals surface area contributed by atoms with Gasteiger partial charge in [-0.05, 0) is 29.3 Å². The van der Waals surface area contributed by atoms with Crippen LogP contribution in [0.5, 0.6) is 11.5 Å². The van der Waals surface area contributed by atoms with E-state index in [-0.39, 0.29) is 11.3 Å². The summed E-state index contributed by atoms with van der Waals surface area (Å²) in [5.74, 6) is -1.07. The second kappa shape index (κ2) is 5.93. The van der Waals surface area contributed by atoms with E-state index in [1.165, 1.54) is 18.2 Å². The number of hydrogen-bond donors (Lipinski definition) is 2. The molecule has 0 heterocycles. The molecule has 0 unspecified atom stereocenters. The standard InChI is InChI=1S/C16H14O4/c1-2-11-4-3-5-12(8-11)10-20-13-6-7-14(16(18)19)15(17)9-13/h2-9,17H,1,10H2,(H,18,19). The van der Waals surface area contributed by atoms with E-state index in [1.54, 1.807) is 6.08 Å². The van der Waals surface area contributed by atoms with Crippen LogP contribution < -0.4 is 4.74 Å². The van der Waals surface area contributed by atoms with Gasteiger partial charge in [-0.1, -0.05) is 30.9 Å². The van der Waals surface area contributed by atoms with Crippen LogP contribution in [-0.4, -0.2) is 16.2 Å². The fourth-order valence-electron chi connectivity index (χ4n) is 1.76. The van der Waals surface area contributed by atoms with E-state index in [9.17, 15) is 9.90 Å². The van der Waals surface area contributed by atoms with Gasteiger partial charge in [-0.3, -0.25) is 0 Å². The van der Waals surface area contributed by atoms with Crippen molar-refractivity contribution in [2.24, 2.45) is 0 Å². The van der Waals surface area contributed by atoms with Gasteiger partial charge in [-0.25, -0.2) is 4.79 Å². The van der Waals surface area contributed by atoms with Crippen LogP contribution in [0.15, 0.2) is 49.0 Å². The summed E-state index contributed by atoms with van der Waals surface area (Å²) >= 11 is 0. The topological polar surface area (TPSA) is 66.8 Å². The molecule has 0 aliphatic rings. The molecule has 0 bridgehead atoms. The van der Waals surface area contributed by atoms with E-state index in [2.05, 4.69) is 6.58 Å². The average Bonchev–Trinajstić information content (AvgIpc) is 2.45. The minimum Gasteiger partial charge on any atom is -0.507 e. The maximum absolute atomic E-state index is 10.8. The summed E-state index contributed by atoms with van der Waals surface area (Å²) < 4.78 is 5.52. The van der Waals surface area contributed by atoms with Crippen molar-refractivity contribution in [2.75, 3.05) is 0 Å². The van der Waals surface area contributed by atoms with Crippen LogP contribution in [0.4, 0.5) is 0 Å². The van der Waals surface area contributed by atoms with E-state index in [0.717, 1.165) is 11.1 Å². The molecule has 0 saturated heterocycles. The van der Waals surface area contributed by atoms with Crippen molar-refractivity contribution in [3.8, 4) is 11.5 Å². The van der Waals surface area contributed by atoms with Crippen molar-refractivity contribution in [1.82, 2.24) is 0 Å². The third kappa shape index (κ3) is 3.17. The fourth-order valence-corrected chi connectivity index (χ4v) is 1.76. The average molecular weight is 270 g/mol. The van der Waals surface area contributed by atoms with Crippen LogP contribution in [-0.2, 0) is 6.61 Å². The predicted molar refractivity (Wildman–Crippen MR) is 75.9 cm³/mol. The molecular weight excluding hydrogens is 256 g/mol. The van der Waals surface area contributed by atoms with Crippen molar-refractivity contribution in [3.05, 3.63) is 65.7 Å². The molecule has 0 atom stereocenters. The third-order valence-electron chi connectivity index (χ3n) is 2.79. The van der Waals surface area contributed by atoms with E-state index in [4.69, 9.17) is 9.84 Å². The molecule has 20 heavy (non-hydrogen) atoms. The highest BCUT2D eigenvalue weighted by atomic mass is 16.5. The maximum Gasteiger partial charge on any atom is 0.339 e. The number of hydrogen-bond acceptors (Lipinski definition) is 3. The predicted octanol–water partition coefficient (Wildman–Crippen LogP) is 3.31. The van der Waals surface area contributed by atoms with Crippen molar-refractivity contribution in [1.29, 1.82) is 0 Å².